The molecule has 2 aromatic heterocycles. The molecule has 3 aromatic rings. The topological polar surface area (TPSA) is 77.6 Å². The molecule has 2 heterocycles. The van der Waals surface area contributed by atoms with Gasteiger partial charge in [-0.05, 0) is 26.0 Å². The molecule has 0 aliphatic heterocycles. The van der Waals surface area contributed by atoms with Crippen LogP contribution in [-0.4, -0.2) is 30.7 Å². The van der Waals surface area contributed by atoms with Crippen molar-refractivity contribution in [1.29, 1.82) is 0 Å². The van der Waals surface area contributed by atoms with Gasteiger partial charge in [0.2, 0.25) is 5.91 Å². The molecule has 0 spiro atoms. The summed E-state index contributed by atoms with van der Waals surface area (Å²) in [6.07, 6.45) is 1.78. The second-order valence-corrected chi connectivity index (χ2v) is 5.33. The second-order valence-electron chi connectivity index (χ2n) is 5.33. The first-order chi connectivity index (χ1) is 10.6. The normalized spacial score (nSPS) is 12.5. The molecule has 0 bridgehead atoms. The highest BCUT2D eigenvalue weighted by molar-refractivity contribution is 5.80. The molecule has 1 unspecified atom stereocenters. The van der Waals surface area contributed by atoms with Crippen LogP contribution >= 0.6 is 0 Å². The molecule has 1 aromatic carbocycles. The van der Waals surface area contributed by atoms with Gasteiger partial charge in [0, 0.05) is 18.3 Å². The Morgan fingerprint density at radius 2 is 2.14 bits per heavy atom. The van der Waals surface area contributed by atoms with Crippen molar-refractivity contribution in [3.8, 4) is 0 Å². The van der Waals surface area contributed by atoms with Crippen LogP contribution in [0.4, 0.5) is 0 Å². The summed E-state index contributed by atoms with van der Waals surface area (Å²) in [5, 5.41) is 15.2. The average molecular weight is 298 g/mol. The van der Waals surface area contributed by atoms with Gasteiger partial charge in [-0.25, -0.2) is 4.68 Å². The van der Waals surface area contributed by atoms with Crippen molar-refractivity contribution in [3.63, 3.8) is 0 Å². The summed E-state index contributed by atoms with van der Waals surface area (Å²) in [6.45, 7) is 4.07. The highest BCUT2D eigenvalue weighted by Crippen LogP contribution is 2.16. The van der Waals surface area contributed by atoms with Crippen LogP contribution in [0.5, 0.6) is 0 Å². The minimum atomic E-state index is -0.105. The molecule has 22 heavy (non-hydrogen) atoms. The van der Waals surface area contributed by atoms with Crippen molar-refractivity contribution < 1.29 is 4.79 Å². The van der Waals surface area contributed by atoms with E-state index in [-0.39, 0.29) is 18.5 Å². The maximum absolute atomic E-state index is 12.2. The van der Waals surface area contributed by atoms with Crippen molar-refractivity contribution in [2.45, 2.75) is 26.4 Å². The fourth-order valence-electron chi connectivity index (χ4n) is 2.48. The molecular weight excluding hydrogens is 280 g/mol. The van der Waals surface area contributed by atoms with E-state index in [1.165, 1.54) is 0 Å². The summed E-state index contributed by atoms with van der Waals surface area (Å²) in [5.41, 5.74) is 3.69. The van der Waals surface area contributed by atoms with Gasteiger partial charge in [-0.15, -0.1) is 5.10 Å². The Kier molecular flexibility index (Phi) is 3.62. The lowest BCUT2D eigenvalue weighted by Crippen LogP contribution is -2.30. The van der Waals surface area contributed by atoms with Gasteiger partial charge in [0.1, 0.15) is 12.1 Å². The van der Waals surface area contributed by atoms with E-state index in [1.807, 2.05) is 45.2 Å². The van der Waals surface area contributed by atoms with Gasteiger partial charge >= 0.3 is 0 Å². The molecule has 1 N–H and O–H groups in total. The minimum Gasteiger partial charge on any atom is -0.348 e. The number of hydrogen-bond donors (Lipinski definition) is 1. The third kappa shape index (κ3) is 2.57. The van der Waals surface area contributed by atoms with Crippen LogP contribution < -0.4 is 5.32 Å². The number of fused-ring (bicyclic) bond motifs is 1. The summed E-state index contributed by atoms with van der Waals surface area (Å²) in [5.74, 6) is -0.105. The van der Waals surface area contributed by atoms with Crippen LogP contribution in [0.2, 0.25) is 0 Å². The molecule has 7 heteroatoms. The Labute approximate surface area is 127 Å². The molecular formula is C15H18N6O. The van der Waals surface area contributed by atoms with Crippen molar-refractivity contribution in [2.75, 3.05) is 0 Å². The smallest absolute Gasteiger partial charge is 0.242 e. The number of para-hydroxylation sites is 1. The molecule has 0 fully saturated rings. The summed E-state index contributed by atoms with van der Waals surface area (Å²) >= 11 is 0. The maximum atomic E-state index is 12.2. The molecule has 0 aliphatic rings. The van der Waals surface area contributed by atoms with E-state index >= 15 is 0 Å². The van der Waals surface area contributed by atoms with E-state index in [0.717, 1.165) is 22.3 Å². The highest BCUT2D eigenvalue weighted by atomic mass is 16.2. The lowest BCUT2D eigenvalue weighted by atomic mass is 10.1. The third-order valence-electron chi connectivity index (χ3n) is 3.83. The maximum Gasteiger partial charge on any atom is 0.242 e. The van der Waals surface area contributed by atoms with E-state index in [2.05, 4.69) is 20.7 Å². The number of rotatable bonds is 4. The SMILES string of the molecule is Cc1c(C(C)NC(=O)Cn2nnc3ccccc32)cnn1C. The Morgan fingerprint density at radius 1 is 1.36 bits per heavy atom. The van der Waals surface area contributed by atoms with Gasteiger partial charge in [-0.2, -0.15) is 5.10 Å². The van der Waals surface area contributed by atoms with Gasteiger partial charge in [-0.1, -0.05) is 17.3 Å². The molecule has 7 nitrogen and oxygen atoms in total. The van der Waals surface area contributed by atoms with Gasteiger partial charge < -0.3 is 5.32 Å². The number of hydrogen-bond acceptors (Lipinski definition) is 4. The quantitative estimate of drug-likeness (QED) is 0.788. The van der Waals surface area contributed by atoms with Gasteiger partial charge in [0.05, 0.1) is 17.8 Å². The Balaban J connectivity index is 1.71. The van der Waals surface area contributed by atoms with Crippen molar-refractivity contribution in [2.24, 2.45) is 7.05 Å². The van der Waals surface area contributed by atoms with E-state index in [1.54, 1.807) is 15.6 Å². The van der Waals surface area contributed by atoms with E-state index in [9.17, 15) is 4.79 Å². The minimum absolute atomic E-state index is 0.101. The number of benzene rings is 1. The average Bonchev–Trinajstić information content (AvgIpc) is 3.04. The summed E-state index contributed by atoms with van der Waals surface area (Å²) in [7, 11) is 1.88. The molecule has 3 rings (SSSR count). The highest BCUT2D eigenvalue weighted by Gasteiger charge is 2.15. The Hall–Kier alpha value is -2.70. The van der Waals surface area contributed by atoms with Crippen LogP contribution in [0.15, 0.2) is 30.5 Å². The monoisotopic (exact) mass is 298 g/mol. The zero-order valence-electron chi connectivity index (χ0n) is 12.8. The molecule has 0 aliphatic carbocycles. The van der Waals surface area contributed by atoms with Crippen molar-refractivity contribution >= 4 is 16.9 Å². The molecule has 0 saturated carbocycles. The van der Waals surface area contributed by atoms with Crippen molar-refractivity contribution in [1.82, 2.24) is 30.1 Å². The number of amides is 1. The van der Waals surface area contributed by atoms with Gasteiger partial charge in [0.25, 0.3) is 0 Å². The van der Waals surface area contributed by atoms with Crippen LogP contribution in [0.25, 0.3) is 11.0 Å². The summed E-state index contributed by atoms with van der Waals surface area (Å²) < 4.78 is 3.40. The van der Waals surface area contributed by atoms with Crippen LogP contribution in [0.1, 0.15) is 24.2 Å². The summed E-state index contributed by atoms with van der Waals surface area (Å²) in [6, 6.07) is 7.47. The first-order valence-corrected chi connectivity index (χ1v) is 7.12. The number of carbonyl (C=O) groups is 1. The first kappa shape index (κ1) is 14.2. The predicted octanol–water partition coefficient (Wildman–Crippen LogP) is 1.35. The lowest BCUT2D eigenvalue weighted by Gasteiger charge is -2.13. The lowest BCUT2D eigenvalue weighted by molar-refractivity contribution is -0.122. The van der Waals surface area contributed by atoms with E-state index in [4.69, 9.17) is 0 Å². The zero-order valence-corrected chi connectivity index (χ0v) is 12.8. The number of aromatic nitrogens is 5. The van der Waals surface area contributed by atoms with E-state index in [0.29, 0.717) is 0 Å². The third-order valence-corrected chi connectivity index (χ3v) is 3.83. The molecule has 1 atom stereocenters. The number of nitrogens with zero attached hydrogens (tertiary/aromatic N) is 5. The fourth-order valence-corrected chi connectivity index (χ4v) is 2.48. The van der Waals surface area contributed by atoms with Gasteiger partial charge in [-0.3, -0.25) is 9.48 Å². The van der Waals surface area contributed by atoms with Crippen LogP contribution in [-0.2, 0) is 18.4 Å². The Morgan fingerprint density at radius 3 is 2.86 bits per heavy atom. The predicted molar refractivity (Wildman–Crippen MR) is 82.0 cm³/mol. The number of carbonyl (C=O) groups excluding carboxylic acids is 1. The first-order valence-electron chi connectivity index (χ1n) is 7.12. The van der Waals surface area contributed by atoms with Crippen molar-refractivity contribution in [3.05, 3.63) is 41.7 Å². The van der Waals surface area contributed by atoms with Gasteiger partial charge in [0.15, 0.2) is 0 Å². The summed E-state index contributed by atoms with van der Waals surface area (Å²) in [4.78, 5) is 12.2. The molecule has 114 valence electrons. The zero-order chi connectivity index (χ0) is 15.7. The van der Waals surface area contributed by atoms with Crippen LogP contribution in [0, 0.1) is 6.92 Å². The number of aryl methyl sites for hydroxylation is 1. The standard InChI is InChI=1S/C15H18N6O/c1-10(12-8-16-20(3)11(12)2)17-15(22)9-21-14-7-5-4-6-13(14)18-19-21/h4-8,10H,9H2,1-3H3,(H,17,22). The fraction of sp³-hybridized carbons (Fsp3) is 0.333. The number of nitrogens with one attached hydrogen (secondary N) is 1. The molecule has 0 saturated heterocycles. The molecule has 1 amide bonds. The Bertz CT molecular complexity index is 818. The van der Waals surface area contributed by atoms with E-state index < -0.39 is 0 Å². The largest absolute Gasteiger partial charge is 0.348 e. The van der Waals surface area contributed by atoms with Crippen LogP contribution in [0.3, 0.4) is 0 Å². The second kappa shape index (κ2) is 5.59. The molecule has 0 radical (unpaired) electrons.